The standard InChI is InChI=1S/C44H83NO6SSi3/c1-31(26-24-22-23-25-27-36(49-53(16,17)41(5,6)7)32(2)28-35-30-52-34(4)45-35)39(51-55(20,21)43(11,12)13)33(3)40(48)44(14,15)37(29-38(46)47)50-54(18,19)42(8,9)10/h23,25,28,30-31,33,36-37,39H,22,24,26-27,29H2,1-21H3,(H,46,47)/b25-23-,32-28+/t31-,33+,36?,37-,39-/m0/s1. The number of allylic oxidation sites excluding steroid dienone is 1. The minimum Gasteiger partial charge on any atom is -0.481 e. The van der Waals surface area contributed by atoms with Gasteiger partial charge in [-0.3, -0.25) is 9.59 Å². The first kappa shape index (κ1) is 51.8. The predicted molar refractivity (Wildman–Crippen MR) is 244 cm³/mol. The number of hydrogen-bond acceptors (Lipinski definition) is 7. The summed E-state index contributed by atoms with van der Waals surface area (Å²) in [7, 11) is -6.65. The number of carbonyl (C=O) groups excluding carboxylic acids is 1. The Labute approximate surface area is 345 Å². The lowest BCUT2D eigenvalue weighted by Crippen LogP contribution is -2.54. The Bertz CT molecular complexity index is 1460. The monoisotopic (exact) mass is 838 g/mol. The molecule has 0 aliphatic rings. The van der Waals surface area contributed by atoms with Crippen LogP contribution in [0.5, 0.6) is 0 Å². The molecule has 318 valence electrons. The van der Waals surface area contributed by atoms with Crippen molar-refractivity contribution < 1.29 is 28.0 Å². The third-order valence-electron chi connectivity index (χ3n) is 13.1. The number of aliphatic carboxylic acids is 1. The summed E-state index contributed by atoms with van der Waals surface area (Å²) in [5.41, 5.74) is 1.17. The summed E-state index contributed by atoms with van der Waals surface area (Å²) < 4.78 is 20.8. The summed E-state index contributed by atoms with van der Waals surface area (Å²) in [6.07, 6.45) is 9.08. The molecule has 0 radical (unpaired) electrons. The maximum Gasteiger partial charge on any atom is 0.305 e. The highest BCUT2D eigenvalue weighted by atomic mass is 32.1. The van der Waals surface area contributed by atoms with Crippen LogP contribution in [0.1, 0.15) is 140 Å². The van der Waals surface area contributed by atoms with E-state index in [1.165, 1.54) is 5.57 Å². The van der Waals surface area contributed by atoms with Gasteiger partial charge in [0, 0.05) is 16.7 Å². The second-order valence-corrected chi connectivity index (χ2v) is 36.7. The molecular formula is C44H83NO6SSi3. The topological polar surface area (TPSA) is 95.0 Å². The van der Waals surface area contributed by atoms with Crippen LogP contribution in [0.15, 0.2) is 23.1 Å². The number of thiazole rings is 1. The van der Waals surface area contributed by atoms with Gasteiger partial charge < -0.3 is 18.4 Å². The second kappa shape index (κ2) is 19.7. The number of carboxylic acid groups (broad SMARTS) is 1. The van der Waals surface area contributed by atoms with Crippen molar-refractivity contribution >= 4 is 54.1 Å². The van der Waals surface area contributed by atoms with Gasteiger partial charge in [-0.1, -0.05) is 102 Å². The van der Waals surface area contributed by atoms with Crippen LogP contribution < -0.4 is 0 Å². The van der Waals surface area contributed by atoms with E-state index in [-0.39, 0.29) is 45.4 Å². The zero-order valence-electron chi connectivity index (χ0n) is 39.1. The van der Waals surface area contributed by atoms with Gasteiger partial charge in [0.05, 0.1) is 35.4 Å². The molecule has 7 nitrogen and oxygen atoms in total. The van der Waals surface area contributed by atoms with Crippen molar-refractivity contribution in [3.63, 3.8) is 0 Å². The maximum absolute atomic E-state index is 14.7. The molecule has 0 aliphatic carbocycles. The first-order valence-corrected chi connectivity index (χ1v) is 30.2. The number of aryl methyl sites for hydroxylation is 1. The molecule has 1 unspecified atom stereocenters. The minimum atomic E-state index is -2.38. The van der Waals surface area contributed by atoms with Gasteiger partial charge in [-0.15, -0.1) is 11.3 Å². The largest absolute Gasteiger partial charge is 0.481 e. The number of unbranched alkanes of at least 4 members (excludes halogenated alkanes) is 1. The highest BCUT2D eigenvalue weighted by Gasteiger charge is 2.50. The summed E-state index contributed by atoms with van der Waals surface area (Å²) in [6, 6.07) is 0. The zero-order valence-corrected chi connectivity index (χ0v) is 42.9. The smallest absolute Gasteiger partial charge is 0.305 e. The van der Waals surface area contributed by atoms with Crippen LogP contribution in [0.25, 0.3) is 6.08 Å². The van der Waals surface area contributed by atoms with Gasteiger partial charge in [-0.2, -0.15) is 0 Å². The van der Waals surface area contributed by atoms with Crippen LogP contribution in [0.4, 0.5) is 0 Å². The van der Waals surface area contributed by atoms with Crippen LogP contribution in [0.3, 0.4) is 0 Å². The van der Waals surface area contributed by atoms with Gasteiger partial charge in [-0.25, -0.2) is 4.98 Å². The number of aromatic nitrogens is 1. The van der Waals surface area contributed by atoms with Crippen molar-refractivity contribution in [2.75, 3.05) is 0 Å². The van der Waals surface area contributed by atoms with E-state index in [0.717, 1.165) is 36.4 Å². The van der Waals surface area contributed by atoms with E-state index < -0.39 is 48.4 Å². The average Bonchev–Trinajstić information content (AvgIpc) is 3.41. The summed E-state index contributed by atoms with van der Waals surface area (Å²) in [4.78, 5) is 31.5. The summed E-state index contributed by atoms with van der Waals surface area (Å²) in [5, 5.41) is 13.1. The van der Waals surface area contributed by atoms with Crippen molar-refractivity contribution in [3.05, 3.63) is 33.8 Å². The third kappa shape index (κ3) is 15.2. The fraction of sp³-hybridized carbons (Fsp3) is 0.795. The van der Waals surface area contributed by atoms with E-state index in [1.807, 2.05) is 27.7 Å². The number of nitrogens with zero attached hydrogens (tertiary/aromatic N) is 1. The molecule has 0 saturated heterocycles. The molecule has 0 bridgehead atoms. The molecule has 1 aromatic rings. The quantitative estimate of drug-likeness (QED) is 0.0748. The average molecular weight is 838 g/mol. The molecule has 0 saturated carbocycles. The Kier molecular flexibility index (Phi) is 18.5. The van der Waals surface area contributed by atoms with Gasteiger partial charge >= 0.3 is 5.97 Å². The Hall–Kier alpha value is -1.22. The Morgan fingerprint density at radius 3 is 1.76 bits per heavy atom. The Balaban J connectivity index is 3.29. The van der Waals surface area contributed by atoms with Gasteiger partial charge in [0.25, 0.3) is 0 Å². The van der Waals surface area contributed by atoms with E-state index in [0.29, 0.717) is 0 Å². The van der Waals surface area contributed by atoms with E-state index >= 15 is 0 Å². The number of Topliss-reactive ketones (excluding diaryl/α,β-unsaturated/α-hetero) is 1. The van der Waals surface area contributed by atoms with Crippen LogP contribution in [-0.2, 0) is 22.9 Å². The number of carbonyl (C=O) groups is 2. The lowest BCUT2D eigenvalue weighted by atomic mass is 9.73. The first-order chi connectivity index (χ1) is 24.6. The fourth-order valence-corrected chi connectivity index (χ4v) is 10.8. The van der Waals surface area contributed by atoms with Crippen molar-refractivity contribution in [1.29, 1.82) is 0 Å². The van der Waals surface area contributed by atoms with Crippen molar-refractivity contribution in [2.24, 2.45) is 17.3 Å². The lowest BCUT2D eigenvalue weighted by Gasteiger charge is -2.46. The predicted octanol–water partition coefficient (Wildman–Crippen LogP) is 13.5. The van der Waals surface area contributed by atoms with Crippen molar-refractivity contribution in [3.8, 4) is 0 Å². The van der Waals surface area contributed by atoms with Crippen LogP contribution >= 0.6 is 11.3 Å². The molecule has 1 aromatic heterocycles. The lowest BCUT2D eigenvalue weighted by molar-refractivity contribution is -0.146. The van der Waals surface area contributed by atoms with Crippen LogP contribution in [0, 0.1) is 24.2 Å². The van der Waals surface area contributed by atoms with E-state index in [9.17, 15) is 14.7 Å². The van der Waals surface area contributed by atoms with Gasteiger partial charge in [-0.05, 0) is 111 Å². The molecule has 0 aliphatic heterocycles. The van der Waals surface area contributed by atoms with E-state index in [4.69, 9.17) is 13.3 Å². The molecule has 0 fully saturated rings. The second-order valence-electron chi connectivity index (χ2n) is 21.3. The van der Waals surface area contributed by atoms with Gasteiger partial charge in [0.2, 0.25) is 0 Å². The number of carboxylic acids is 1. The molecule has 0 spiro atoms. The molecular weight excluding hydrogens is 755 g/mol. The summed E-state index contributed by atoms with van der Waals surface area (Å²) >= 11 is 1.67. The minimum absolute atomic E-state index is 0.0110. The molecule has 5 atom stereocenters. The molecule has 11 heteroatoms. The molecule has 1 heterocycles. The van der Waals surface area contributed by atoms with E-state index in [2.05, 4.69) is 144 Å². The highest BCUT2D eigenvalue weighted by molar-refractivity contribution is 7.09. The fourth-order valence-electron chi connectivity index (χ4n) is 5.95. The van der Waals surface area contributed by atoms with Gasteiger partial charge in [0.15, 0.2) is 25.0 Å². The summed E-state index contributed by atoms with van der Waals surface area (Å²) in [6.45, 7) is 45.5. The first-order valence-electron chi connectivity index (χ1n) is 20.6. The molecule has 55 heavy (non-hydrogen) atoms. The molecule has 0 aromatic carbocycles. The Morgan fingerprint density at radius 2 is 1.31 bits per heavy atom. The SMILES string of the molecule is C/C(=C\c1csc(C)n1)C(C/C=C\CCC[C@H](C)[C@H](O[Si](C)(C)C(C)(C)C)[C@@H](C)C(=O)C(C)(C)[C@H](CC(=O)O)O[Si](C)(C)C(C)(C)C)O[Si](C)(C)C(C)(C)C. The molecule has 0 amide bonds. The zero-order chi connectivity index (χ0) is 43.2. The number of rotatable bonds is 21. The Morgan fingerprint density at radius 1 is 0.818 bits per heavy atom. The number of hydrogen-bond donors (Lipinski definition) is 1. The molecule has 1 rings (SSSR count). The third-order valence-corrected chi connectivity index (χ3v) is 27.3. The summed E-state index contributed by atoms with van der Waals surface area (Å²) in [5.74, 6) is -1.25. The highest BCUT2D eigenvalue weighted by Crippen LogP contribution is 2.44. The van der Waals surface area contributed by atoms with Crippen LogP contribution in [0.2, 0.25) is 54.4 Å². The molecule has 1 N–H and O–H groups in total. The maximum atomic E-state index is 14.7. The van der Waals surface area contributed by atoms with E-state index in [1.54, 1.807) is 11.3 Å². The number of ketones is 1. The van der Waals surface area contributed by atoms with Crippen molar-refractivity contribution in [1.82, 2.24) is 4.98 Å². The normalized spacial score (nSPS) is 17.3. The van der Waals surface area contributed by atoms with Crippen LogP contribution in [-0.4, -0.2) is 65.1 Å². The van der Waals surface area contributed by atoms with Gasteiger partial charge in [0.1, 0.15) is 5.78 Å². The van der Waals surface area contributed by atoms with Crippen molar-refractivity contribution in [2.45, 2.75) is 209 Å².